The molecule has 2 atom stereocenters. The van der Waals surface area contributed by atoms with Gasteiger partial charge in [0.1, 0.15) is 0 Å². The molecule has 46 heavy (non-hydrogen) atoms. The summed E-state index contributed by atoms with van der Waals surface area (Å²) in [5.41, 5.74) is 6.74. The highest BCUT2D eigenvalue weighted by Crippen LogP contribution is 2.43. The van der Waals surface area contributed by atoms with E-state index in [1.807, 2.05) is 55.7 Å². The number of para-hydroxylation sites is 2. The third-order valence-electron chi connectivity index (χ3n) is 9.19. The summed E-state index contributed by atoms with van der Waals surface area (Å²) in [6.07, 6.45) is 2.26. The quantitative estimate of drug-likeness (QED) is 0.232. The molecule has 2 N–H and O–H groups in total. The van der Waals surface area contributed by atoms with Crippen molar-refractivity contribution in [2.24, 2.45) is 0 Å². The van der Waals surface area contributed by atoms with Crippen LogP contribution in [0.15, 0.2) is 72.1 Å². The molecule has 3 aliphatic rings. The van der Waals surface area contributed by atoms with Crippen molar-refractivity contribution in [3.63, 3.8) is 0 Å². The van der Waals surface area contributed by atoms with E-state index in [0.717, 1.165) is 55.3 Å². The largest absolute Gasteiger partial charge is 0.320 e. The Morgan fingerprint density at radius 3 is 2.41 bits per heavy atom. The van der Waals surface area contributed by atoms with Crippen LogP contribution in [0.4, 0.5) is 17.1 Å². The highest BCUT2D eigenvalue weighted by molar-refractivity contribution is 7.11. The monoisotopic (exact) mass is 675 g/mol. The standard InChI is InChI=1S/C19H22N4O2S.C17H17Cl2N/c1-13-18-14(12-26-13)19(25)20-15-5-3-4-6-16(15)23(18)17(24)11-22-9-7-21(2)8-10-22;1-20-17-9-7-12(13-4-2-3-5-14(13)17)11-6-8-15(18)16(19)10-11/h3-6,12H,7-11H2,1-2H3,(H,20,25);2-6,8,10,12,17,20H,7,9H2,1H3/t;12-,17-/m.0/s1. The molecule has 1 aliphatic carbocycles. The average molecular weight is 677 g/mol. The maximum atomic E-state index is 13.3. The first kappa shape index (κ1) is 32.7. The molecule has 0 saturated carbocycles. The molecule has 1 aromatic heterocycles. The lowest BCUT2D eigenvalue weighted by atomic mass is 9.77. The van der Waals surface area contributed by atoms with E-state index >= 15 is 0 Å². The number of hydrogen-bond donors (Lipinski definition) is 2. The van der Waals surface area contributed by atoms with Gasteiger partial charge in [-0.15, -0.1) is 11.3 Å². The lowest BCUT2D eigenvalue weighted by molar-refractivity contribution is -0.119. The van der Waals surface area contributed by atoms with E-state index in [-0.39, 0.29) is 11.8 Å². The van der Waals surface area contributed by atoms with Crippen molar-refractivity contribution in [2.45, 2.75) is 31.7 Å². The molecule has 2 aliphatic heterocycles. The number of likely N-dealkylation sites (N-methyl/N-ethyl adjacent to an activating group) is 1. The van der Waals surface area contributed by atoms with Gasteiger partial charge in [-0.3, -0.25) is 19.4 Å². The van der Waals surface area contributed by atoms with Crippen molar-refractivity contribution in [1.29, 1.82) is 0 Å². The Hall–Kier alpha value is -3.24. The van der Waals surface area contributed by atoms with Gasteiger partial charge in [0.05, 0.1) is 39.2 Å². The van der Waals surface area contributed by atoms with Crippen molar-refractivity contribution in [2.75, 3.05) is 57.0 Å². The number of benzene rings is 3. The van der Waals surface area contributed by atoms with Crippen LogP contribution < -0.4 is 15.5 Å². The average Bonchev–Trinajstić information content (AvgIpc) is 3.38. The van der Waals surface area contributed by atoms with Gasteiger partial charge >= 0.3 is 0 Å². The molecular formula is C36H39Cl2N5O2S. The smallest absolute Gasteiger partial charge is 0.258 e. The third-order valence-corrected chi connectivity index (χ3v) is 10.8. The minimum atomic E-state index is -0.160. The van der Waals surface area contributed by atoms with Gasteiger partial charge in [-0.05, 0) is 74.8 Å². The van der Waals surface area contributed by atoms with Gasteiger partial charge in [0.25, 0.3) is 5.91 Å². The minimum absolute atomic E-state index is 0.00116. The molecule has 2 amide bonds. The second-order valence-electron chi connectivity index (χ2n) is 12.1. The third kappa shape index (κ3) is 6.74. The number of halogens is 2. The molecule has 7 rings (SSSR count). The van der Waals surface area contributed by atoms with Gasteiger partial charge in [-0.25, -0.2) is 0 Å². The van der Waals surface area contributed by atoms with Crippen molar-refractivity contribution in [1.82, 2.24) is 15.1 Å². The van der Waals surface area contributed by atoms with Gasteiger partial charge in [0.2, 0.25) is 5.91 Å². The Kier molecular flexibility index (Phi) is 10.1. The summed E-state index contributed by atoms with van der Waals surface area (Å²) in [7, 11) is 4.13. The van der Waals surface area contributed by atoms with Crippen LogP contribution >= 0.6 is 34.5 Å². The number of rotatable bonds is 4. The lowest BCUT2D eigenvalue weighted by Crippen LogP contribution is -2.48. The van der Waals surface area contributed by atoms with Crippen LogP contribution in [0.5, 0.6) is 0 Å². The summed E-state index contributed by atoms with van der Waals surface area (Å²) in [6, 6.07) is 22.6. The zero-order valence-electron chi connectivity index (χ0n) is 26.4. The lowest BCUT2D eigenvalue weighted by Gasteiger charge is -2.33. The van der Waals surface area contributed by atoms with Gasteiger partial charge in [0, 0.05) is 48.4 Å². The fourth-order valence-electron chi connectivity index (χ4n) is 6.66. The highest BCUT2D eigenvalue weighted by atomic mass is 35.5. The van der Waals surface area contributed by atoms with Crippen LogP contribution in [0.3, 0.4) is 0 Å². The number of fused-ring (bicyclic) bond motifs is 3. The Bertz CT molecular complexity index is 1740. The summed E-state index contributed by atoms with van der Waals surface area (Å²) in [6.45, 7) is 6.00. The van der Waals surface area contributed by atoms with E-state index in [1.54, 1.807) is 4.90 Å². The van der Waals surface area contributed by atoms with Crippen LogP contribution in [0.25, 0.3) is 0 Å². The number of aryl methyl sites for hydroxylation is 1. The van der Waals surface area contributed by atoms with Gasteiger partial charge < -0.3 is 15.5 Å². The summed E-state index contributed by atoms with van der Waals surface area (Å²) in [5, 5.41) is 9.44. The highest BCUT2D eigenvalue weighted by Gasteiger charge is 2.33. The Morgan fingerprint density at radius 2 is 1.67 bits per heavy atom. The Balaban J connectivity index is 0.000000167. The Morgan fingerprint density at radius 1 is 0.957 bits per heavy atom. The zero-order valence-corrected chi connectivity index (χ0v) is 28.7. The topological polar surface area (TPSA) is 67.9 Å². The van der Waals surface area contributed by atoms with Crippen LogP contribution in [0.2, 0.25) is 10.0 Å². The molecule has 10 heteroatoms. The van der Waals surface area contributed by atoms with Crippen molar-refractivity contribution >= 4 is 63.4 Å². The predicted molar refractivity (Wildman–Crippen MR) is 190 cm³/mol. The molecule has 0 bridgehead atoms. The first-order chi connectivity index (χ1) is 22.2. The van der Waals surface area contributed by atoms with E-state index in [1.165, 1.54) is 28.0 Å². The Labute approximate surface area is 285 Å². The second-order valence-corrected chi connectivity index (χ2v) is 14.0. The number of thiophene rings is 1. The number of hydrogen-bond acceptors (Lipinski definition) is 6. The van der Waals surface area contributed by atoms with E-state index in [2.05, 4.69) is 57.8 Å². The van der Waals surface area contributed by atoms with Crippen molar-refractivity contribution in [3.05, 3.63) is 109 Å². The molecule has 4 aromatic rings. The molecule has 240 valence electrons. The predicted octanol–water partition coefficient (Wildman–Crippen LogP) is 7.71. The van der Waals surface area contributed by atoms with Crippen LogP contribution in [0, 0.1) is 6.92 Å². The van der Waals surface area contributed by atoms with Gasteiger partial charge in [-0.2, -0.15) is 0 Å². The first-order valence-electron chi connectivity index (χ1n) is 15.7. The van der Waals surface area contributed by atoms with E-state index in [0.29, 0.717) is 39.8 Å². The SMILES string of the molecule is CN[C@H]1CC[C@@H](c2ccc(Cl)c(Cl)c2)c2ccccc21.Cc1scc2c1N(C(=O)CN1CCN(C)CC1)c1ccccc1NC2=O. The number of nitrogens with one attached hydrogen (secondary N) is 2. The number of carbonyl (C=O) groups excluding carboxylic acids is 2. The normalized spacial score (nSPS) is 19.6. The van der Waals surface area contributed by atoms with E-state index in [9.17, 15) is 9.59 Å². The number of amides is 2. The molecular weight excluding hydrogens is 637 g/mol. The zero-order chi connectivity index (χ0) is 32.4. The molecule has 7 nitrogen and oxygen atoms in total. The molecule has 1 saturated heterocycles. The molecule has 1 fully saturated rings. The van der Waals surface area contributed by atoms with Crippen LogP contribution in [-0.4, -0.2) is 68.4 Å². The molecule has 0 radical (unpaired) electrons. The van der Waals surface area contributed by atoms with Gasteiger partial charge in [0.15, 0.2) is 0 Å². The van der Waals surface area contributed by atoms with Crippen molar-refractivity contribution in [3.8, 4) is 0 Å². The molecule has 0 unspecified atom stereocenters. The number of nitrogens with zero attached hydrogens (tertiary/aromatic N) is 3. The summed E-state index contributed by atoms with van der Waals surface area (Å²) < 4.78 is 0. The molecule has 0 spiro atoms. The number of anilines is 3. The van der Waals surface area contributed by atoms with Crippen LogP contribution in [-0.2, 0) is 4.79 Å². The molecule has 3 aromatic carbocycles. The van der Waals surface area contributed by atoms with Crippen LogP contribution in [0.1, 0.15) is 56.7 Å². The van der Waals surface area contributed by atoms with Crippen molar-refractivity contribution < 1.29 is 9.59 Å². The second kappa shape index (κ2) is 14.3. The van der Waals surface area contributed by atoms with E-state index in [4.69, 9.17) is 23.2 Å². The van der Waals surface area contributed by atoms with E-state index < -0.39 is 0 Å². The minimum Gasteiger partial charge on any atom is -0.320 e. The maximum absolute atomic E-state index is 13.3. The summed E-state index contributed by atoms with van der Waals surface area (Å²) in [4.78, 5) is 33.1. The van der Waals surface area contributed by atoms with Gasteiger partial charge in [-0.1, -0.05) is 65.7 Å². The number of carbonyl (C=O) groups is 2. The molecule has 3 heterocycles. The fourth-order valence-corrected chi connectivity index (χ4v) is 7.80. The maximum Gasteiger partial charge on any atom is 0.258 e. The summed E-state index contributed by atoms with van der Waals surface area (Å²) in [5.74, 6) is 0.249. The fraction of sp³-hybridized carbons (Fsp3) is 0.333. The summed E-state index contributed by atoms with van der Waals surface area (Å²) >= 11 is 13.7. The first-order valence-corrected chi connectivity index (χ1v) is 17.3. The number of piperazine rings is 1.